The van der Waals surface area contributed by atoms with Gasteiger partial charge in [0.15, 0.2) is 6.10 Å². The van der Waals surface area contributed by atoms with Gasteiger partial charge in [0.05, 0.1) is 18.8 Å². The van der Waals surface area contributed by atoms with Gasteiger partial charge < -0.3 is 32.3 Å². The van der Waals surface area contributed by atoms with Gasteiger partial charge in [-0.15, -0.1) is 0 Å². The lowest BCUT2D eigenvalue weighted by Gasteiger charge is -2.51. The molecule has 0 saturated carbocycles. The van der Waals surface area contributed by atoms with E-state index in [9.17, 15) is 19.5 Å². The van der Waals surface area contributed by atoms with Gasteiger partial charge in [-0.2, -0.15) is 0 Å². The molecule has 5 atom stereocenters. The smallest absolute Gasteiger partial charge is 0.338 e. The minimum Gasteiger partial charge on any atom is -0.449 e. The molecule has 3 aromatic carbocycles. The number of nitrogens with zero attached hydrogens (tertiary/aromatic N) is 2. The number of ether oxygens (including phenoxy) is 3. The van der Waals surface area contributed by atoms with Gasteiger partial charge in [0, 0.05) is 12.3 Å². The first-order chi connectivity index (χ1) is 27.2. The lowest BCUT2D eigenvalue weighted by atomic mass is 9.91. The molecule has 0 aliphatic carbocycles. The van der Waals surface area contributed by atoms with Gasteiger partial charge in [0.2, 0.25) is 5.72 Å². The van der Waals surface area contributed by atoms with Crippen molar-refractivity contribution in [1.82, 2.24) is 9.13 Å². The molecular weight excluding hydrogens is 761 g/mol. The SMILES string of the molecule is CC(C)[Si]1(C(C)C)OC[C@H]2O[C@@]([C@@H](OC(=O)c3ccccc3)c3ccccc3)(n3ccc(=O)n(COCc4ccccc4)c3=O)[C@@H](O)[C@@H]2O[Si](C(C)C)(C(C)C)O1. The van der Waals surface area contributed by atoms with E-state index >= 15 is 0 Å². The minimum absolute atomic E-state index is 0.0315. The molecule has 6 rings (SSSR count). The zero-order valence-electron chi connectivity index (χ0n) is 34.1. The summed E-state index contributed by atoms with van der Waals surface area (Å²) in [6, 6.07) is 27.9. The van der Waals surface area contributed by atoms with Crippen LogP contribution >= 0.6 is 0 Å². The summed E-state index contributed by atoms with van der Waals surface area (Å²) in [6.45, 7) is 16.4. The van der Waals surface area contributed by atoms with Gasteiger partial charge in [-0.25, -0.2) is 14.2 Å². The Bertz CT molecular complexity index is 2060. The van der Waals surface area contributed by atoms with E-state index < -0.39 is 71.2 Å². The van der Waals surface area contributed by atoms with E-state index in [0.717, 1.165) is 14.7 Å². The molecule has 1 N–H and O–H groups in total. The highest BCUT2D eigenvalue weighted by Gasteiger charge is 2.68. The fourth-order valence-corrected chi connectivity index (χ4v) is 19.5. The maximum Gasteiger partial charge on any atom is 0.338 e. The van der Waals surface area contributed by atoms with E-state index in [-0.39, 0.29) is 40.9 Å². The number of carbonyl (C=O) groups is 1. The first kappa shape index (κ1) is 42.6. The number of esters is 1. The van der Waals surface area contributed by atoms with E-state index in [1.165, 1.54) is 12.3 Å². The maximum atomic E-state index is 14.9. The minimum atomic E-state index is -3.33. The first-order valence-corrected chi connectivity index (χ1v) is 23.8. The Labute approximate surface area is 336 Å². The van der Waals surface area contributed by atoms with Crippen LogP contribution in [0.2, 0.25) is 22.2 Å². The predicted molar refractivity (Wildman–Crippen MR) is 220 cm³/mol. The van der Waals surface area contributed by atoms with E-state index in [0.29, 0.717) is 5.56 Å². The third kappa shape index (κ3) is 8.06. The number of hydrogen-bond donors (Lipinski definition) is 1. The second-order valence-corrected chi connectivity index (χ2v) is 25.0. The van der Waals surface area contributed by atoms with Crippen molar-refractivity contribution in [1.29, 1.82) is 0 Å². The Morgan fingerprint density at radius 2 is 1.37 bits per heavy atom. The first-order valence-electron chi connectivity index (χ1n) is 19.8. The summed E-state index contributed by atoms with van der Waals surface area (Å²) in [5.74, 6) is -0.712. The van der Waals surface area contributed by atoms with Crippen LogP contribution in [-0.4, -0.2) is 62.3 Å². The number of hydrogen-bond acceptors (Lipinski definition) is 10. The lowest BCUT2D eigenvalue weighted by molar-refractivity contribution is -0.213. The van der Waals surface area contributed by atoms with Gasteiger partial charge in [0.25, 0.3) is 5.56 Å². The van der Waals surface area contributed by atoms with E-state index in [1.807, 2.05) is 36.4 Å². The molecule has 0 radical (unpaired) electrons. The fraction of sp³-hybridized carbons (Fsp3) is 0.465. The highest BCUT2D eigenvalue weighted by molar-refractivity contribution is 6.84. The summed E-state index contributed by atoms with van der Waals surface area (Å²) in [5, 5.41) is 13.1. The molecule has 2 fully saturated rings. The predicted octanol–water partition coefficient (Wildman–Crippen LogP) is 7.15. The summed E-state index contributed by atoms with van der Waals surface area (Å²) < 4.78 is 43.2. The quantitative estimate of drug-likeness (QED) is 0.109. The molecule has 14 heteroatoms. The standard InChI is InChI=1S/C43H56N2O10Si2/c1-29(2)56(30(3)4)51-27-36-38(54-57(55-56,31(5)6)32(7)8)39(47)43(53-36,40(34-20-14-10-15-21-34)52-41(48)35-22-16-11-17-23-35)45-25-24-37(46)44(42(45)49)28-50-26-33-18-12-9-13-19-33/h9-25,29-32,36,38-40,47H,26-28H2,1-8H3/t36-,38-,39+,40+,43+/m1/s1. The van der Waals surface area contributed by atoms with Crippen LogP contribution in [0.5, 0.6) is 0 Å². The maximum absolute atomic E-state index is 14.9. The number of aliphatic hydroxyl groups excluding tert-OH is 1. The van der Waals surface area contributed by atoms with Gasteiger partial charge in [-0.3, -0.25) is 9.36 Å². The van der Waals surface area contributed by atoms with Crippen LogP contribution in [0.25, 0.3) is 0 Å². The fourth-order valence-electron chi connectivity index (χ4n) is 8.27. The van der Waals surface area contributed by atoms with E-state index in [1.54, 1.807) is 54.6 Å². The van der Waals surface area contributed by atoms with Crippen molar-refractivity contribution in [2.24, 2.45) is 0 Å². The van der Waals surface area contributed by atoms with Crippen molar-refractivity contribution in [2.75, 3.05) is 6.61 Å². The van der Waals surface area contributed by atoms with Crippen molar-refractivity contribution in [2.45, 2.75) is 121 Å². The van der Waals surface area contributed by atoms with Crippen molar-refractivity contribution in [3.63, 3.8) is 0 Å². The molecular formula is C43H56N2O10Si2. The molecule has 0 unspecified atom stereocenters. The Kier molecular flexibility index (Phi) is 13.1. The number of fused-ring (bicyclic) bond motifs is 1. The molecule has 1 aromatic heterocycles. The summed E-state index contributed by atoms with van der Waals surface area (Å²) in [5.41, 5.74) is -2.23. The molecule has 0 amide bonds. The summed E-state index contributed by atoms with van der Waals surface area (Å²) in [7, 11) is -6.39. The third-order valence-electron chi connectivity index (χ3n) is 11.3. The Balaban J connectivity index is 1.57. The number of aromatic nitrogens is 2. The number of rotatable bonds is 13. The van der Waals surface area contributed by atoms with Crippen molar-refractivity contribution < 1.29 is 37.1 Å². The highest BCUT2D eigenvalue weighted by atomic mass is 28.5. The van der Waals surface area contributed by atoms with Crippen molar-refractivity contribution in [3.8, 4) is 0 Å². The zero-order valence-corrected chi connectivity index (χ0v) is 36.1. The Morgan fingerprint density at radius 3 is 1.95 bits per heavy atom. The van der Waals surface area contributed by atoms with Crippen LogP contribution in [0, 0.1) is 0 Å². The molecule has 12 nitrogen and oxygen atoms in total. The summed E-state index contributed by atoms with van der Waals surface area (Å²) in [4.78, 5) is 42.4. The summed E-state index contributed by atoms with van der Waals surface area (Å²) in [6.07, 6.45) is -3.88. The average Bonchev–Trinajstić information content (AvgIpc) is 3.45. The average molecular weight is 817 g/mol. The number of benzene rings is 3. The number of carbonyl (C=O) groups excluding carboxylic acids is 1. The molecule has 57 heavy (non-hydrogen) atoms. The molecule has 2 saturated heterocycles. The lowest BCUT2D eigenvalue weighted by Crippen LogP contribution is -2.66. The van der Waals surface area contributed by atoms with E-state index in [2.05, 4.69) is 55.4 Å². The third-order valence-corrected chi connectivity index (χ3v) is 21.5. The van der Waals surface area contributed by atoms with Gasteiger partial charge in [-0.1, -0.05) is 134 Å². The topological polar surface area (TPSA) is 137 Å². The largest absolute Gasteiger partial charge is 0.449 e. The molecule has 0 spiro atoms. The molecule has 4 aromatic rings. The summed E-state index contributed by atoms with van der Waals surface area (Å²) >= 11 is 0. The number of aliphatic hydroxyl groups is 1. The monoisotopic (exact) mass is 816 g/mol. The molecule has 306 valence electrons. The second kappa shape index (κ2) is 17.5. The van der Waals surface area contributed by atoms with Crippen molar-refractivity contribution in [3.05, 3.63) is 141 Å². The molecule has 2 aliphatic heterocycles. The van der Waals surface area contributed by atoms with E-state index in [4.69, 9.17) is 27.2 Å². The van der Waals surface area contributed by atoms with Crippen LogP contribution in [0.1, 0.15) is 83.0 Å². The molecule has 2 aliphatic rings. The highest BCUT2D eigenvalue weighted by Crippen LogP contribution is 2.52. The van der Waals surface area contributed by atoms with Gasteiger partial charge >= 0.3 is 28.8 Å². The van der Waals surface area contributed by atoms with Crippen LogP contribution in [-0.2, 0) is 46.2 Å². The normalized spacial score (nSPS) is 23.6. The van der Waals surface area contributed by atoms with Crippen LogP contribution in [0.3, 0.4) is 0 Å². The Morgan fingerprint density at radius 1 is 0.807 bits per heavy atom. The van der Waals surface area contributed by atoms with Crippen LogP contribution in [0.15, 0.2) is 113 Å². The van der Waals surface area contributed by atoms with Crippen LogP contribution < -0.4 is 11.2 Å². The van der Waals surface area contributed by atoms with Gasteiger partial charge in [-0.05, 0) is 45.4 Å². The van der Waals surface area contributed by atoms with Gasteiger partial charge in [0.1, 0.15) is 25.0 Å². The zero-order chi connectivity index (χ0) is 41.1. The molecule has 3 heterocycles. The molecule has 0 bridgehead atoms. The van der Waals surface area contributed by atoms with Crippen LogP contribution in [0.4, 0.5) is 0 Å². The second-order valence-electron chi connectivity index (χ2n) is 16.2. The van der Waals surface area contributed by atoms with Crippen molar-refractivity contribution >= 4 is 23.1 Å². The Hall–Kier alpha value is -4.00.